The molecule has 5 unspecified atom stereocenters. The minimum atomic E-state index is -1.70. The highest BCUT2D eigenvalue weighted by atomic mass is 79.9. The first-order valence-corrected chi connectivity index (χ1v) is 12.2. The Morgan fingerprint density at radius 2 is 2.00 bits per heavy atom. The van der Waals surface area contributed by atoms with Crippen molar-refractivity contribution in [3.05, 3.63) is 41.4 Å². The number of carbonyl (C=O) groups is 2. The third-order valence-corrected chi connectivity index (χ3v) is 6.03. The number of hydrogen-bond donors (Lipinski definition) is 2. The summed E-state index contributed by atoms with van der Waals surface area (Å²) in [6.45, 7) is 9.31. The van der Waals surface area contributed by atoms with E-state index < -0.39 is 29.1 Å². The molecular weight excluding hydrogens is 516 g/mol. The summed E-state index contributed by atoms with van der Waals surface area (Å²) in [6.07, 6.45) is 2.12. The highest BCUT2D eigenvalue weighted by molar-refractivity contribution is 9.10. The van der Waals surface area contributed by atoms with E-state index in [1.807, 2.05) is 26.8 Å². The van der Waals surface area contributed by atoms with Crippen LogP contribution in [0.15, 0.2) is 46.3 Å². The third-order valence-electron chi connectivity index (χ3n) is 4.40. The van der Waals surface area contributed by atoms with Crippen molar-refractivity contribution in [2.45, 2.75) is 56.5 Å². The molecule has 3 N–H and O–H groups in total. The predicted octanol–water partition coefficient (Wildman–Crippen LogP) is 3.01. The fraction of sp³-hybridized carbons (Fsp3) is 0.545. The van der Waals surface area contributed by atoms with E-state index in [1.165, 1.54) is 7.11 Å². The Bertz CT molecular complexity index is 786. The van der Waals surface area contributed by atoms with Crippen molar-refractivity contribution in [3.8, 4) is 0 Å². The first-order chi connectivity index (χ1) is 15.5. The van der Waals surface area contributed by atoms with E-state index in [2.05, 4.69) is 32.6 Å². The van der Waals surface area contributed by atoms with Gasteiger partial charge in [-0.25, -0.2) is 10.1 Å². The van der Waals surface area contributed by atoms with Gasteiger partial charge in [0.15, 0.2) is 17.4 Å². The van der Waals surface area contributed by atoms with Crippen molar-refractivity contribution in [2.75, 3.05) is 13.7 Å². The first-order valence-electron chi connectivity index (χ1n) is 10.3. The Hall–Kier alpha value is -1.63. The van der Waals surface area contributed by atoms with E-state index in [0.29, 0.717) is 17.2 Å². The van der Waals surface area contributed by atoms with E-state index in [9.17, 15) is 13.8 Å². The lowest BCUT2D eigenvalue weighted by molar-refractivity contribution is -0.207. The molecule has 0 bridgehead atoms. The number of amides is 1. The Labute approximate surface area is 206 Å². The second-order valence-corrected chi connectivity index (χ2v) is 10.3. The summed E-state index contributed by atoms with van der Waals surface area (Å²) < 4.78 is 28.9. The standard InChI is InChI=1S/C15H23BrN2O5S.C7H10O2/c1-15(2,3)21-14(22-17)8-12(9-18-10-19)23-24(20)13-6-4-11(16)5-7-13;1-3-5-4-6(5)7(8)9-2/h4-7,10,12,14H,8-9,17H2,1-3H3,(H,18,19);3,5-6H,1,4H2,2H3. The number of allylic oxidation sites excluding steroid dienone is 1. The molecule has 33 heavy (non-hydrogen) atoms. The van der Waals surface area contributed by atoms with Crippen LogP contribution < -0.4 is 11.2 Å². The van der Waals surface area contributed by atoms with Crippen LogP contribution in [0.1, 0.15) is 33.6 Å². The van der Waals surface area contributed by atoms with Crippen LogP contribution in [0.3, 0.4) is 0 Å². The zero-order valence-corrected chi connectivity index (χ0v) is 21.7. The summed E-state index contributed by atoms with van der Waals surface area (Å²) >= 11 is 1.62. The smallest absolute Gasteiger partial charge is 0.309 e. The van der Waals surface area contributed by atoms with Gasteiger partial charge in [0.1, 0.15) is 0 Å². The van der Waals surface area contributed by atoms with E-state index in [1.54, 1.807) is 24.3 Å². The average molecular weight is 549 g/mol. The minimum absolute atomic E-state index is 0.0973. The zero-order valence-electron chi connectivity index (χ0n) is 19.3. The van der Waals surface area contributed by atoms with Gasteiger partial charge < -0.3 is 14.8 Å². The lowest BCUT2D eigenvalue weighted by Crippen LogP contribution is -2.38. The van der Waals surface area contributed by atoms with Crippen molar-refractivity contribution in [1.29, 1.82) is 0 Å². The van der Waals surface area contributed by atoms with Gasteiger partial charge in [0.05, 0.1) is 29.6 Å². The van der Waals surface area contributed by atoms with Crippen LogP contribution in [-0.4, -0.2) is 48.2 Å². The van der Waals surface area contributed by atoms with Gasteiger partial charge in [0.2, 0.25) is 6.41 Å². The molecule has 5 atom stereocenters. The molecular formula is C22H33BrN2O7S. The van der Waals surface area contributed by atoms with Crippen molar-refractivity contribution in [3.63, 3.8) is 0 Å². The minimum Gasteiger partial charge on any atom is -0.469 e. The second kappa shape index (κ2) is 14.6. The molecule has 0 heterocycles. The molecule has 1 aromatic carbocycles. The molecule has 1 aliphatic rings. The number of nitrogens with one attached hydrogen (secondary N) is 1. The highest BCUT2D eigenvalue weighted by Crippen LogP contribution is 2.39. The van der Waals surface area contributed by atoms with Crippen molar-refractivity contribution >= 4 is 39.4 Å². The van der Waals surface area contributed by atoms with Crippen molar-refractivity contribution in [1.82, 2.24) is 5.32 Å². The Kier molecular flexibility index (Phi) is 13.0. The maximum atomic E-state index is 12.3. The van der Waals surface area contributed by atoms with E-state index in [4.69, 9.17) is 19.7 Å². The van der Waals surface area contributed by atoms with Crippen LogP contribution >= 0.6 is 15.9 Å². The van der Waals surface area contributed by atoms with Crippen LogP contribution in [-0.2, 0) is 39.2 Å². The number of carbonyl (C=O) groups excluding carboxylic acids is 2. The summed E-state index contributed by atoms with van der Waals surface area (Å²) in [5.74, 6) is 5.67. The van der Waals surface area contributed by atoms with Crippen LogP contribution in [0.4, 0.5) is 0 Å². The molecule has 0 saturated heterocycles. The van der Waals surface area contributed by atoms with Gasteiger partial charge in [0.25, 0.3) is 0 Å². The molecule has 0 spiro atoms. The average Bonchev–Trinajstić information content (AvgIpc) is 3.56. The number of nitrogens with two attached hydrogens (primary N) is 1. The van der Waals surface area contributed by atoms with Gasteiger partial charge >= 0.3 is 5.97 Å². The van der Waals surface area contributed by atoms with Gasteiger partial charge in [-0.15, -0.1) is 6.58 Å². The second-order valence-electron chi connectivity index (χ2n) is 8.23. The number of rotatable bonds is 12. The molecule has 186 valence electrons. The molecule has 0 aliphatic heterocycles. The van der Waals surface area contributed by atoms with Crippen LogP contribution in [0.25, 0.3) is 0 Å². The molecule has 0 aromatic heterocycles. The van der Waals surface area contributed by atoms with Crippen LogP contribution in [0, 0.1) is 11.8 Å². The molecule has 2 rings (SSSR count). The van der Waals surface area contributed by atoms with Gasteiger partial charge in [-0.1, -0.05) is 22.0 Å². The van der Waals surface area contributed by atoms with Crippen LogP contribution in [0.2, 0.25) is 0 Å². The zero-order chi connectivity index (χ0) is 25.0. The lowest BCUT2D eigenvalue weighted by Gasteiger charge is -2.28. The Balaban J connectivity index is 0.000000502. The van der Waals surface area contributed by atoms with Gasteiger partial charge in [-0.05, 0) is 57.4 Å². The highest BCUT2D eigenvalue weighted by Gasteiger charge is 2.41. The normalized spacial score (nSPS) is 19.8. The fourth-order valence-electron chi connectivity index (χ4n) is 2.70. The predicted molar refractivity (Wildman–Crippen MR) is 128 cm³/mol. The summed E-state index contributed by atoms with van der Waals surface area (Å²) in [5.41, 5.74) is -0.475. The molecule has 9 nitrogen and oxygen atoms in total. The van der Waals surface area contributed by atoms with Crippen LogP contribution in [0.5, 0.6) is 0 Å². The summed E-state index contributed by atoms with van der Waals surface area (Å²) in [6, 6.07) is 6.91. The number of hydrogen-bond acceptors (Lipinski definition) is 8. The summed E-state index contributed by atoms with van der Waals surface area (Å²) in [4.78, 5) is 26.6. The molecule has 1 saturated carbocycles. The summed E-state index contributed by atoms with van der Waals surface area (Å²) in [7, 11) is 1.42. The van der Waals surface area contributed by atoms with Gasteiger partial charge in [-0.2, -0.15) is 0 Å². The monoisotopic (exact) mass is 548 g/mol. The van der Waals surface area contributed by atoms with E-state index in [0.717, 1.165) is 10.9 Å². The van der Waals surface area contributed by atoms with Crippen molar-refractivity contribution < 1.29 is 32.3 Å². The number of benzene rings is 1. The lowest BCUT2D eigenvalue weighted by atomic mass is 10.2. The molecule has 0 radical (unpaired) electrons. The fourth-order valence-corrected chi connectivity index (χ4v) is 3.83. The molecule has 1 fully saturated rings. The summed E-state index contributed by atoms with van der Waals surface area (Å²) in [5, 5.41) is 2.51. The van der Waals surface area contributed by atoms with Gasteiger partial charge in [0, 0.05) is 17.4 Å². The van der Waals surface area contributed by atoms with Crippen molar-refractivity contribution in [2.24, 2.45) is 17.7 Å². The maximum Gasteiger partial charge on any atom is 0.309 e. The molecule has 11 heteroatoms. The molecule has 1 aromatic rings. The molecule has 1 aliphatic carbocycles. The van der Waals surface area contributed by atoms with Gasteiger partial charge in [-0.3, -0.25) is 18.6 Å². The number of esters is 1. The molecule has 1 amide bonds. The Morgan fingerprint density at radius 3 is 2.45 bits per heavy atom. The number of methoxy groups -OCH3 is 1. The Morgan fingerprint density at radius 1 is 1.36 bits per heavy atom. The third kappa shape index (κ3) is 11.9. The number of halogens is 1. The van der Waals surface area contributed by atoms with E-state index in [-0.39, 0.29) is 24.9 Å². The topological polar surface area (TPSA) is 126 Å². The largest absolute Gasteiger partial charge is 0.469 e. The quantitative estimate of drug-likeness (QED) is 0.134. The maximum absolute atomic E-state index is 12.3. The van der Waals surface area contributed by atoms with E-state index >= 15 is 0 Å². The number of ether oxygens (including phenoxy) is 2. The first kappa shape index (κ1) is 29.4. The SMILES string of the molecule is C=CC1CC1C(=O)OC.CC(C)(C)OC(CC(CNC=O)OS(=O)c1ccc(Br)cc1)ON.